The molecule has 5 heteroatoms. The number of H-pyrrole nitrogens is 1. The molecule has 2 aromatic rings. The number of benzene rings is 1. The van der Waals surface area contributed by atoms with Crippen LogP contribution < -0.4 is 10.5 Å². The molecule has 3 rings (SSSR count). The first kappa shape index (κ1) is 12.3. The number of nitrogens with one attached hydrogen (secondary N) is 1. The van der Waals surface area contributed by atoms with Crippen molar-refractivity contribution in [2.24, 2.45) is 0 Å². The second-order valence-corrected chi connectivity index (χ2v) is 5.10. The number of piperidine rings is 1. The molecule has 0 unspecified atom stereocenters. The SMILES string of the molecule is Nc1cc2cn[nH]c2cc1OCCN1CCCCC1. The van der Waals surface area contributed by atoms with E-state index in [9.17, 15) is 0 Å². The summed E-state index contributed by atoms with van der Waals surface area (Å²) < 4.78 is 5.80. The van der Waals surface area contributed by atoms with Gasteiger partial charge >= 0.3 is 0 Å². The van der Waals surface area contributed by atoms with Crippen LogP contribution in [0.1, 0.15) is 19.3 Å². The van der Waals surface area contributed by atoms with Crippen molar-refractivity contribution in [2.75, 3.05) is 32.0 Å². The van der Waals surface area contributed by atoms with Crippen LogP contribution in [-0.2, 0) is 0 Å². The molecule has 0 spiro atoms. The number of aromatic nitrogens is 2. The summed E-state index contributed by atoms with van der Waals surface area (Å²) >= 11 is 0. The minimum Gasteiger partial charge on any atom is -0.490 e. The van der Waals surface area contributed by atoms with Gasteiger partial charge in [0.1, 0.15) is 12.4 Å². The van der Waals surface area contributed by atoms with Crippen molar-refractivity contribution in [3.05, 3.63) is 18.3 Å². The molecule has 1 saturated heterocycles. The molecule has 1 aliphatic heterocycles. The summed E-state index contributed by atoms with van der Waals surface area (Å²) in [6.45, 7) is 4.04. The monoisotopic (exact) mass is 260 g/mol. The zero-order chi connectivity index (χ0) is 13.1. The number of nitrogens with zero attached hydrogens (tertiary/aromatic N) is 2. The Morgan fingerprint density at radius 3 is 2.95 bits per heavy atom. The molecule has 0 atom stereocenters. The maximum Gasteiger partial charge on any atom is 0.144 e. The lowest BCUT2D eigenvalue weighted by Gasteiger charge is -2.26. The summed E-state index contributed by atoms with van der Waals surface area (Å²) in [5.41, 5.74) is 7.62. The maximum absolute atomic E-state index is 5.98. The molecule has 102 valence electrons. The van der Waals surface area contributed by atoms with Gasteiger partial charge in [0.2, 0.25) is 0 Å². The number of anilines is 1. The maximum atomic E-state index is 5.98. The summed E-state index contributed by atoms with van der Waals surface area (Å²) in [5, 5.41) is 7.94. The highest BCUT2D eigenvalue weighted by atomic mass is 16.5. The third kappa shape index (κ3) is 2.81. The van der Waals surface area contributed by atoms with Crippen LogP contribution in [0.4, 0.5) is 5.69 Å². The molecule has 0 aliphatic carbocycles. The largest absolute Gasteiger partial charge is 0.490 e. The minimum absolute atomic E-state index is 0.674. The van der Waals surface area contributed by atoms with Crippen molar-refractivity contribution in [1.29, 1.82) is 0 Å². The zero-order valence-corrected chi connectivity index (χ0v) is 11.1. The van der Waals surface area contributed by atoms with Gasteiger partial charge in [-0.3, -0.25) is 10.00 Å². The number of ether oxygens (including phenoxy) is 1. The molecule has 0 radical (unpaired) electrons. The van der Waals surface area contributed by atoms with Gasteiger partial charge in [-0.05, 0) is 32.0 Å². The number of rotatable bonds is 4. The van der Waals surface area contributed by atoms with Gasteiger partial charge in [-0.2, -0.15) is 5.10 Å². The van der Waals surface area contributed by atoms with Gasteiger partial charge in [0, 0.05) is 18.0 Å². The first-order chi connectivity index (χ1) is 9.33. The topological polar surface area (TPSA) is 67.2 Å². The number of nitrogens with two attached hydrogens (primary N) is 1. The Morgan fingerprint density at radius 2 is 2.11 bits per heavy atom. The van der Waals surface area contributed by atoms with E-state index < -0.39 is 0 Å². The summed E-state index contributed by atoms with van der Waals surface area (Å²) in [6.07, 6.45) is 5.74. The Balaban J connectivity index is 1.59. The molecule has 1 aliphatic rings. The van der Waals surface area contributed by atoms with Crippen molar-refractivity contribution < 1.29 is 4.74 Å². The zero-order valence-electron chi connectivity index (χ0n) is 11.1. The average Bonchev–Trinajstić information content (AvgIpc) is 2.87. The van der Waals surface area contributed by atoms with E-state index in [4.69, 9.17) is 10.5 Å². The summed E-state index contributed by atoms with van der Waals surface area (Å²) in [7, 11) is 0. The third-order valence-electron chi connectivity index (χ3n) is 3.68. The van der Waals surface area contributed by atoms with Crippen molar-refractivity contribution in [3.63, 3.8) is 0 Å². The molecule has 1 fully saturated rings. The lowest BCUT2D eigenvalue weighted by molar-refractivity contribution is 0.184. The first-order valence-corrected chi connectivity index (χ1v) is 6.91. The summed E-state index contributed by atoms with van der Waals surface area (Å²) in [6, 6.07) is 3.82. The van der Waals surface area contributed by atoms with Crippen LogP contribution in [-0.4, -0.2) is 41.3 Å². The Kier molecular flexibility index (Phi) is 3.55. The number of nitrogen functional groups attached to an aromatic ring is 1. The van der Waals surface area contributed by atoms with E-state index in [1.165, 1.54) is 32.4 Å². The van der Waals surface area contributed by atoms with Gasteiger partial charge in [0.25, 0.3) is 0 Å². The molecule has 5 nitrogen and oxygen atoms in total. The quantitative estimate of drug-likeness (QED) is 0.825. The van der Waals surface area contributed by atoms with Gasteiger partial charge in [-0.25, -0.2) is 0 Å². The molecule has 0 amide bonds. The summed E-state index contributed by atoms with van der Waals surface area (Å²) in [5.74, 6) is 0.744. The predicted molar refractivity (Wildman–Crippen MR) is 76.3 cm³/mol. The molecule has 19 heavy (non-hydrogen) atoms. The van der Waals surface area contributed by atoms with Crippen LogP contribution in [0.15, 0.2) is 18.3 Å². The van der Waals surface area contributed by atoms with Gasteiger partial charge < -0.3 is 10.5 Å². The van der Waals surface area contributed by atoms with E-state index in [2.05, 4.69) is 15.1 Å². The Labute approximate surface area is 112 Å². The number of hydrogen-bond acceptors (Lipinski definition) is 4. The predicted octanol–water partition coefficient (Wildman–Crippen LogP) is 2.01. The van der Waals surface area contributed by atoms with Crippen LogP contribution in [0.5, 0.6) is 5.75 Å². The fourth-order valence-electron chi connectivity index (χ4n) is 2.58. The third-order valence-corrected chi connectivity index (χ3v) is 3.68. The number of aromatic amines is 1. The molecular formula is C14H20N4O. The van der Waals surface area contributed by atoms with Gasteiger partial charge in [0.05, 0.1) is 17.4 Å². The van der Waals surface area contributed by atoms with Crippen LogP contribution in [0.3, 0.4) is 0 Å². The van der Waals surface area contributed by atoms with Gasteiger partial charge in [-0.1, -0.05) is 6.42 Å². The van der Waals surface area contributed by atoms with Crippen molar-refractivity contribution >= 4 is 16.6 Å². The van der Waals surface area contributed by atoms with E-state index in [-0.39, 0.29) is 0 Å². The lowest BCUT2D eigenvalue weighted by Crippen LogP contribution is -2.33. The van der Waals surface area contributed by atoms with E-state index in [0.717, 1.165) is 23.2 Å². The van der Waals surface area contributed by atoms with Crippen LogP contribution >= 0.6 is 0 Å². The highest BCUT2D eigenvalue weighted by molar-refractivity contribution is 5.84. The van der Waals surface area contributed by atoms with Crippen molar-refractivity contribution in [3.8, 4) is 5.75 Å². The van der Waals surface area contributed by atoms with Crippen LogP contribution in [0.2, 0.25) is 0 Å². The van der Waals surface area contributed by atoms with E-state index >= 15 is 0 Å². The fraction of sp³-hybridized carbons (Fsp3) is 0.500. The second-order valence-electron chi connectivity index (χ2n) is 5.10. The van der Waals surface area contributed by atoms with Crippen LogP contribution in [0, 0.1) is 0 Å². The first-order valence-electron chi connectivity index (χ1n) is 6.91. The number of fused-ring (bicyclic) bond motifs is 1. The fourth-order valence-corrected chi connectivity index (χ4v) is 2.58. The van der Waals surface area contributed by atoms with E-state index in [1.54, 1.807) is 6.20 Å². The lowest BCUT2D eigenvalue weighted by atomic mass is 10.1. The molecule has 0 bridgehead atoms. The highest BCUT2D eigenvalue weighted by Gasteiger charge is 2.10. The Bertz CT molecular complexity index is 545. The average molecular weight is 260 g/mol. The normalized spacial score (nSPS) is 16.8. The van der Waals surface area contributed by atoms with Gasteiger partial charge in [0.15, 0.2) is 0 Å². The molecule has 1 aromatic heterocycles. The Hall–Kier alpha value is -1.75. The summed E-state index contributed by atoms with van der Waals surface area (Å²) in [4.78, 5) is 2.45. The molecule has 3 N–H and O–H groups in total. The number of likely N-dealkylation sites (tertiary alicyclic amines) is 1. The van der Waals surface area contributed by atoms with E-state index in [1.807, 2.05) is 12.1 Å². The van der Waals surface area contributed by atoms with Gasteiger partial charge in [-0.15, -0.1) is 0 Å². The second kappa shape index (κ2) is 5.48. The number of hydrogen-bond donors (Lipinski definition) is 2. The molecule has 0 saturated carbocycles. The standard InChI is InChI=1S/C14H20N4O/c15-12-8-11-10-16-17-13(11)9-14(12)19-7-6-18-4-2-1-3-5-18/h8-10H,1-7,15H2,(H,16,17). The Morgan fingerprint density at radius 1 is 1.26 bits per heavy atom. The van der Waals surface area contributed by atoms with Crippen LogP contribution in [0.25, 0.3) is 10.9 Å². The van der Waals surface area contributed by atoms with E-state index in [0.29, 0.717) is 12.3 Å². The smallest absolute Gasteiger partial charge is 0.144 e. The minimum atomic E-state index is 0.674. The molecule has 2 heterocycles. The molecular weight excluding hydrogens is 240 g/mol. The van der Waals surface area contributed by atoms with Crippen molar-refractivity contribution in [2.45, 2.75) is 19.3 Å². The molecule has 1 aromatic carbocycles. The highest BCUT2D eigenvalue weighted by Crippen LogP contribution is 2.26. The van der Waals surface area contributed by atoms with Crippen molar-refractivity contribution in [1.82, 2.24) is 15.1 Å².